The van der Waals surface area contributed by atoms with Crippen LogP contribution in [0.15, 0.2) is 12.1 Å². The van der Waals surface area contributed by atoms with Crippen molar-refractivity contribution in [3.63, 3.8) is 0 Å². The first-order valence-corrected chi connectivity index (χ1v) is 6.75. The molecule has 2 heteroatoms. The Kier molecular flexibility index (Phi) is 3.58. The number of carbonyl (C=O) groups excluding carboxylic acids is 1. The third-order valence-corrected chi connectivity index (χ3v) is 4.13. The molecule has 1 saturated carbocycles. The van der Waals surface area contributed by atoms with Gasteiger partial charge in [0.1, 0.15) is 5.60 Å². The predicted octanol–water partition coefficient (Wildman–Crippen LogP) is 3.03. The molecule has 1 aromatic carbocycles. The second-order valence-corrected chi connectivity index (χ2v) is 5.72. The van der Waals surface area contributed by atoms with Gasteiger partial charge >= 0.3 is 0 Å². The Morgan fingerprint density at radius 2 is 1.67 bits per heavy atom. The molecule has 0 bridgehead atoms. The number of ketones is 1. The fourth-order valence-electron chi connectivity index (χ4n) is 3.05. The lowest BCUT2D eigenvalue weighted by Crippen LogP contribution is -2.36. The minimum Gasteiger partial charge on any atom is -0.382 e. The van der Waals surface area contributed by atoms with Gasteiger partial charge in [-0.3, -0.25) is 4.79 Å². The first kappa shape index (κ1) is 13.3. The van der Waals surface area contributed by atoms with Crippen LogP contribution < -0.4 is 0 Å². The van der Waals surface area contributed by atoms with Crippen molar-refractivity contribution in [2.45, 2.75) is 58.5 Å². The van der Waals surface area contributed by atoms with Gasteiger partial charge in [0, 0.05) is 6.42 Å². The Hall–Kier alpha value is -1.15. The zero-order chi connectivity index (χ0) is 13.3. The van der Waals surface area contributed by atoms with Crippen molar-refractivity contribution in [3.8, 4) is 0 Å². The van der Waals surface area contributed by atoms with Crippen molar-refractivity contribution in [1.29, 1.82) is 0 Å². The lowest BCUT2D eigenvalue weighted by Gasteiger charge is -2.21. The largest absolute Gasteiger partial charge is 0.382 e. The molecule has 0 atom stereocenters. The Bertz CT molecular complexity index is 445. The standard InChI is InChI=1S/C16H22O2/c1-11-8-12(2)14(13(3)9-11)10-15(17)16(18)6-4-5-7-16/h8-9,18H,4-7,10H2,1-3H3. The maximum atomic E-state index is 12.3. The summed E-state index contributed by atoms with van der Waals surface area (Å²) >= 11 is 0. The van der Waals surface area contributed by atoms with Crippen LogP contribution in [0.2, 0.25) is 0 Å². The van der Waals surface area contributed by atoms with Gasteiger partial charge in [0.2, 0.25) is 0 Å². The lowest BCUT2D eigenvalue weighted by atomic mass is 9.88. The van der Waals surface area contributed by atoms with Crippen molar-refractivity contribution >= 4 is 5.78 Å². The quantitative estimate of drug-likeness (QED) is 0.890. The van der Waals surface area contributed by atoms with Gasteiger partial charge in [-0.2, -0.15) is 0 Å². The van der Waals surface area contributed by atoms with E-state index in [1.165, 1.54) is 5.56 Å². The van der Waals surface area contributed by atoms with E-state index >= 15 is 0 Å². The van der Waals surface area contributed by atoms with Crippen molar-refractivity contribution in [3.05, 3.63) is 34.4 Å². The van der Waals surface area contributed by atoms with E-state index < -0.39 is 5.60 Å². The topological polar surface area (TPSA) is 37.3 Å². The van der Waals surface area contributed by atoms with E-state index in [0.717, 1.165) is 29.5 Å². The normalized spacial score (nSPS) is 18.0. The van der Waals surface area contributed by atoms with E-state index in [1.807, 2.05) is 13.8 Å². The van der Waals surface area contributed by atoms with Gasteiger partial charge in [-0.15, -0.1) is 0 Å². The fraction of sp³-hybridized carbons (Fsp3) is 0.562. The Morgan fingerprint density at radius 3 is 2.17 bits per heavy atom. The zero-order valence-electron chi connectivity index (χ0n) is 11.5. The van der Waals surface area contributed by atoms with Crippen LogP contribution in [0.4, 0.5) is 0 Å². The highest BCUT2D eigenvalue weighted by Crippen LogP contribution is 2.32. The molecule has 1 aromatic rings. The maximum Gasteiger partial charge on any atom is 0.168 e. The van der Waals surface area contributed by atoms with Crippen LogP contribution in [0.1, 0.15) is 47.9 Å². The second-order valence-electron chi connectivity index (χ2n) is 5.72. The number of hydrogen-bond acceptors (Lipinski definition) is 2. The van der Waals surface area contributed by atoms with E-state index in [0.29, 0.717) is 19.3 Å². The molecule has 0 heterocycles. The number of aryl methyl sites for hydroxylation is 3. The van der Waals surface area contributed by atoms with Crippen LogP contribution in [-0.4, -0.2) is 16.5 Å². The predicted molar refractivity (Wildman–Crippen MR) is 72.8 cm³/mol. The van der Waals surface area contributed by atoms with Crippen LogP contribution in [0.25, 0.3) is 0 Å². The summed E-state index contributed by atoms with van der Waals surface area (Å²) in [7, 11) is 0. The molecule has 0 spiro atoms. The monoisotopic (exact) mass is 246 g/mol. The first-order chi connectivity index (χ1) is 8.42. The second kappa shape index (κ2) is 4.85. The summed E-state index contributed by atoms with van der Waals surface area (Å²) in [5.41, 5.74) is 3.57. The molecule has 98 valence electrons. The third-order valence-electron chi connectivity index (χ3n) is 4.13. The number of hydrogen-bond donors (Lipinski definition) is 1. The highest BCUT2D eigenvalue weighted by atomic mass is 16.3. The van der Waals surface area contributed by atoms with Gasteiger partial charge in [-0.05, 0) is 63.1 Å². The highest BCUT2D eigenvalue weighted by Gasteiger charge is 2.38. The van der Waals surface area contributed by atoms with Gasteiger partial charge < -0.3 is 5.11 Å². The summed E-state index contributed by atoms with van der Waals surface area (Å²) in [5, 5.41) is 10.3. The molecule has 1 aliphatic carbocycles. The van der Waals surface area contributed by atoms with Gasteiger partial charge in [0.15, 0.2) is 5.78 Å². The van der Waals surface area contributed by atoms with Crippen molar-refractivity contribution in [2.75, 3.05) is 0 Å². The van der Waals surface area contributed by atoms with Crippen LogP contribution in [0, 0.1) is 20.8 Å². The average Bonchev–Trinajstić information content (AvgIpc) is 2.71. The molecular weight excluding hydrogens is 224 g/mol. The molecule has 0 aliphatic heterocycles. The summed E-state index contributed by atoms with van der Waals surface area (Å²) in [6.45, 7) is 6.15. The smallest absolute Gasteiger partial charge is 0.168 e. The van der Waals surface area contributed by atoms with Crippen molar-refractivity contribution in [2.24, 2.45) is 0 Å². The molecule has 1 aliphatic rings. The molecule has 18 heavy (non-hydrogen) atoms. The molecule has 0 radical (unpaired) electrons. The maximum absolute atomic E-state index is 12.3. The van der Waals surface area contributed by atoms with E-state index in [9.17, 15) is 9.90 Å². The van der Waals surface area contributed by atoms with E-state index in [2.05, 4.69) is 19.1 Å². The molecule has 0 saturated heterocycles. The molecular formula is C16H22O2. The third kappa shape index (κ3) is 2.49. The van der Waals surface area contributed by atoms with Crippen LogP contribution >= 0.6 is 0 Å². The van der Waals surface area contributed by atoms with Crippen LogP contribution in [-0.2, 0) is 11.2 Å². The number of rotatable bonds is 3. The molecule has 2 rings (SSSR count). The Balaban J connectivity index is 2.22. The summed E-state index contributed by atoms with van der Waals surface area (Å²) in [6, 6.07) is 4.21. The van der Waals surface area contributed by atoms with Gasteiger partial charge in [-0.25, -0.2) is 0 Å². The summed E-state index contributed by atoms with van der Waals surface area (Å²) in [4.78, 5) is 12.3. The van der Waals surface area contributed by atoms with Crippen molar-refractivity contribution < 1.29 is 9.90 Å². The number of carbonyl (C=O) groups is 1. The summed E-state index contributed by atoms with van der Waals surface area (Å²) < 4.78 is 0. The highest BCUT2D eigenvalue weighted by molar-refractivity contribution is 5.89. The Labute approximate surface area is 109 Å². The van der Waals surface area contributed by atoms with Gasteiger partial charge in [0.25, 0.3) is 0 Å². The lowest BCUT2D eigenvalue weighted by molar-refractivity contribution is -0.136. The van der Waals surface area contributed by atoms with E-state index in [4.69, 9.17) is 0 Å². The molecule has 0 unspecified atom stereocenters. The van der Waals surface area contributed by atoms with Crippen LogP contribution in [0.3, 0.4) is 0 Å². The SMILES string of the molecule is Cc1cc(C)c(CC(=O)C2(O)CCCC2)c(C)c1. The minimum absolute atomic E-state index is 0.00458. The number of benzene rings is 1. The first-order valence-electron chi connectivity index (χ1n) is 6.75. The van der Waals surface area contributed by atoms with Gasteiger partial charge in [-0.1, -0.05) is 17.7 Å². The summed E-state index contributed by atoms with van der Waals surface area (Å²) in [5.74, 6) is -0.00458. The average molecular weight is 246 g/mol. The molecule has 0 aromatic heterocycles. The molecule has 2 nitrogen and oxygen atoms in total. The van der Waals surface area contributed by atoms with E-state index in [1.54, 1.807) is 0 Å². The fourth-order valence-corrected chi connectivity index (χ4v) is 3.05. The summed E-state index contributed by atoms with van der Waals surface area (Å²) in [6.07, 6.45) is 3.57. The van der Waals surface area contributed by atoms with Crippen molar-refractivity contribution in [1.82, 2.24) is 0 Å². The van der Waals surface area contributed by atoms with Crippen LogP contribution in [0.5, 0.6) is 0 Å². The molecule has 1 fully saturated rings. The van der Waals surface area contributed by atoms with Gasteiger partial charge in [0.05, 0.1) is 0 Å². The van der Waals surface area contributed by atoms with E-state index in [-0.39, 0.29) is 5.78 Å². The molecule has 0 amide bonds. The molecule has 1 N–H and O–H groups in total. The minimum atomic E-state index is -1.05. The number of aliphatic hydroxyl groups is 1. The number of Topliss-reactive ketones (excluding diaryl/α,β-unsaturated/α-hetero) is 1. The zero-order valence-corrected chi connectivity index (χ0v) is 11.5. The Morgan fingerprint density at radius 1 is 1.17 bits per heavy atom.